The summed E-state index contributed by atoms with van der Waals surface area (Å²) in [5, 5.41) is 5.87. The summed E-state index contributed by atoms with van der Waals surface area (Å²) in [6.45, 7) is 9.11. The molecule has 0 saturated heterocycles. The fourth-order valence-electron chi connectivity index (χ4n) is 1.40. The molecular formula is C11H25N3O. The third kappa shape index (κ3) is 8.39. The number of nitrogens with one attached hydrogen (secondary N) is 2. The molecule has 4 nitrogen and oxygen atoms in total. The fourth-order valence-corrected chi connectivity index (χ4v) is 1.40. The topological polar surface area (TPSA) is 44.4 Å². The number of carbonyl (C=O) groups is 1. The fraction of sp³-hybridized carbons (Fsp3) is 0.909. The summed E-state index contributed by atoms with van der Waals surface area (Å²) in [5.41, 5.74) is 0. The molecule has 0 rings (SSSR count). The van der Waals surface area contributed by atoms with Crippen LogP contribution in [0.15, 0.2) is 0 Å². The molecule has 0 fully saturated rings. The first-order valence-corrected chi connectivity index (χ1v) is 5.88. The number of rotatable bonds is 9. The SMILES string of the molecule is CCN(CC)CCCNC(=O)CCNC. The van der Waals surface area contributed by atoms with Gasteiger partial charge in [0.2, 0.25) is 5.91 Å². The zero-order valence-corrected chi connectivity index (χ0v) is 10.3. The van der Waals surface area contributed by atoms with E-state index in [9.17, 15) is 4.79 Å². The van der Waals surface area contributed by atoms with Gasteiger partial charge in [-0.1, -0.05) is 13.8 Å². The molecule has 1 amide bonds. The molecule has 0 bridgehead atoms. The number of carbonyl (C=O) groups excluding carboxylic acids is 1. The molecule has 90 valence electrons. The highest BCUT2D eigenvalue weighted by Gasteiger charge is 2.00. The monoisotopic (exact) mass is 215 g/mol. The van der Waals surface area contributed by atoms with E-state index < -0.39 is 0 Å². The average molecular weight is 215 g/mol. The molecule has 0 aromatic rings. The maximum absolute atomic E-state index is 11.2. The van der Waals surface area contributed by atoms with Gasteiger partial charge in [-0.25, -0.2) is 0 Å². The lowest BCUT2D eigenvalue weighted by Gasteiger charge is -2.17. The minimum atomic E-state index is 0.142. The van der Waals surface area contributed by atoms with Crippen LogP contribution in [0.2, 0.25) is 0 Å². The van der Waals surface area contributed by atoms with Crippen molar-refractivity contribution in [3.63, 3.8) is 0 Å². The molecule has 0 aromatic carbocycles. The Kier molecular flexibility index (Phi) is 9.52. The van der Waals surface area contributed by atoms with E-state index in [1.165, 1.54) is 0 Å². The molecule has 15 heavy (non-hydrogen) atoms. The highest BCUT2D eigenvalue weighted by Crippen LogP contribution is 1.89. The molecule has 0 radical (unpaired) electrons. The van der Waals surface area contributed by atoms with Crippen LogP contribution in [0.5, 0.6) is 0 Å². The first-order valence-electron chi connectivity index (χ1n) is 5.88. The summed E-state index contributed by atoms with van der Waals surface area (Å²) in [5.74, 6) is 0.142. The lowest BCUT2D eigenvalue weighted by molar-refractivity contribution is -0.120. The van der Waals surface area contributed by atoms with Crippen LogP contribution in [-0.2, 0) is 4.79 Å². The van der Waals surface area contributed by atoms with Gasteiger partial charge in [0.1, 0.15) is 0 Å². The molecule has 0 spiro atoms. The zero-order valence-electron chi connectivity index (χ0n) is 10.3. The molecule has 0 saturated carbocycles. The van der Waals surface area contributed by atoms with Gasteiger partial charge in [0.05, 0.1) is 0 Å². The van der Waals surface area contributed by atoms with Crippen molar-refractivity contribution in [1.82, 2.24) is 15.5 Å². The highest BCUT2D eigenvalue weighted by atomic mass is 16.1. The van der Waals surface area contributed by atoms with Gasteiger partial charge in [-0.2, -0.15) is 0 Å². The van der Waals surface area contributed by atoms with Crippen LogP contribution in [0.1, 0.15) is 26.7 Å². The van der Waals surface area contributed by atoms with E-state index >= 15 is 0 Å². The number of nitrogens with zero attached hydrogens (tertiary/aromatic N) is 1. The molecule has 0 aliphatic heterocycles. The Hall–Kier alpha value is -0.610. The second kappa shape index (κ2) is 9.93. The van der Waals surface area contributed by atoms with Crippen molar-refractivity contribution in [1.29, 1.82) is 0 Å². The van der Waals surface area contributed by atoms with Crippen molar-refractivity contribution in [3.8, 4) is 0 Å². The molecule has 0 aromatic heterocycles. The number of hydrogen-bond acceptors (Lipinski definition) is 3. The second-order valence-electron chi connectivity index (χ2n) is 3.58. The van der Waals surface area contributed by atoms with Crippen molar-refractivity contribution in [3.05, 3.63) is 0 Å². The van der Waals surface area contributed by atoms with E-state index in [0.717, 1.165) is 39.1 Å². The summed E-state index contributed by atoms with van der Waals surface area (Å²) in [4.78, 5) is 13.6. The highest BCUT2D eigenvalue weighted by molar-refractivity contribution is 5.75. The zero-order chi connectivity index (χ0) is 11.5. The van der Waals surface area contributed by atoms with E-state index in [4.69, 9.17) is 0 Å². The van der Waals surface area contributed by atoms with E-state index in [1.54, 1.807) is 0 Å². The van der Waals surface area contributed by atoms with Crippen LogP contribution >= 0.6 is 0 Å². The Labute approximate surface area is 93.4 Å². The van der Waals surface area contributed by atoms with Crippen molar-refractivity contribution in [2.24, 2.45) is 0 Å². The van der Waals surface area contributed by atoms with Gasteiger partial charge in [-0.05, 0) is 33.1 Å². The summed E-state index contributed by atoms with van der Waals surface area (Å²) in [7, 11) is 1.85. The van der Waals surface area contributed by atoms with Gasteiger partial charge in [0.25, 0.3) is 0 Å². The Balaban J connectivity index is 3.33. The van der Waals surface area contributed by atoms with Crippen LogP contribution in [-0.4, -0.2) is 50.6 Å². The van der Waals surface area contributed by atoms with Crippen LogP contribution < -0.4 is 10.6 Å². The number of hydrogen-bond donors (Lipinski definition) is 2. The summed E-state index contributed by atoms with van der Waals surface area (Å²) in [6, 6.07) is 0. The number of amides is 1. The predicted molar refractivity (Wildman–Crippen MR) is 64.0 cm³/mol. The van der Waals surface area contributed by atoms with Crippen LogP contribution in [0.4, 0.5) is 0 Å². The van der Waals surface area contributed by atoms with Crippen LogP contribution in [0, 0.1) is 0 Å². The quantitative estimate of drug-likeness (QED) is 0.549. The first kappa shape index (κ1) is 14.4. The van der Waals surface area contributed by atoms with Gasteiger partial charge < -0.3 is 15.5 Å². The molecule has 0 aliphatic rings. The predicted octanol–water partition coefficient (Wildman–Crippen LogP) is 0.444. The first-order chi connectivity index (χ1) is 7.24. The molecular weight excluding hydrogens is 190 g/mol. The molecule has 0 atom stereocenters. The van der Waals surface area contributed by atoms with Crippen molar-refractivity contribution >= 4 is 5.91 Å². The Bertz CT molecular complexity index is 158. The van der Waals surface area contributed by atoms with Crippen molar-refractivity contribution in [2.45, 2.75) is 26.7 Å². The average Bonchev–Trinajstić information content (AvgIpc) is 2.26. The van der Waals surface area contributed by atoms with E-state index in [-0.39, 0.29) is 5.91 Å². The third-order valence-corrected chi connectivity index (χ3v) is 2.47. The molecule has 0 unspecified atom stereocenters. The standard InChI is InChI=1S/C11H25N3O/c1-4-14(5-2)10-6-8-13-11(15)7-9-12-3/h12H,4-10H2,1-3H3,(H,13,15). The lowest BCUT2D eigenvalue weighted by Crippen LogP contribution is -2.31. The van der Waals surface area contributed by atoms with Gasteiger partial charge >= 0.3 is 0 Å². The Morgan fingerprint density at radius 2 is 1.87 bits per heavy atom. The van der Waals surface area contributed by atoms with Crippen molar-refractivity contribution in [2.75, 3.05) is 39.8 Å². The van der Waals surface area contributed by atoms with Gasteiger partial charge in [0.15, 0.2) is 0 Å². The minimum Gasteiger partial charge on any atom is -0.356 e. The van der Waals surface area contributed by atoms with Crippen molar-refractivity contribution < 1.29 is 4.79 Å². The largest absolute Gasteiger partial charge is 0.356 e. The normalized spacial score (nSPS) is 10.7. The van der Waals surface area contributed by atoms with Gasteiger partial charge in [0, 0.05) is 19.5 Å². The van der Waals surface area contributed by atoms with Crippen LogP contribution in [0.25, 0.3) is 0 Å². The Morgan fingerprint density at radius 1 is 1.20 bits per heavy atom. The summed E-state index contributed by atoms with van der Waals surface area (Å²) >= 11 is 0. The minimum absolute atomic E-state index is 0.142. The van der Waals surface area contributed by atoms with Gasteiger partial charge in [-0.15, -0.1) is 0 Å². The van der Waals surface area contributed by atoms with Gasteiger partial charge in [-0.3, -0.25) is 4.79 Å². The smallest absolute Gasteiger partial charge is 0.221 e. The molecule has 0 aliphatic carbocycles. The maximum Gasteiger partial charge on any atom is 0.221 e. The lowest BCUT2D eigenvalue weighted by atomic mass is 10.3. The third-order valence-electron chi connectivity index (χ3n) is 2.47. The molecule has 2 N–H and O–H groups in total. The van der Waals surface area contributed by atoms with E-state index in [1.807, 2.05) is 7.05 Å². The van der Waals surface area contributed by atoms with E-state index in [2.05, 4.69) is 29.4 Å². The maximum atomic E-state index is 11.2. The Morgan fingerprint density at radius 3 is 2.40 bits per heavy atom. The summed E-state index contributed by atoms with van der Waals surface area (Å²) < 4.78 is 0. The second-order valence-corrected chi connectivity index (χ2v) is 3.58. The summed E-state index contributed by atoms with van der Waals surface area (Å²) in [6.07, 6.45) is 1.61. The molecule has 0 heterocycles. The molecule has 4 heteroatoms. The van der Waals surface area contributed by atoms with Crippen LogP contribution in [0.3, 0.4) is 0 Å². The van der Waals surface area contributed by atoms with E-state index in [0.29, 0.717) is 6.42 Å².